The topological polar surface area (TPSA) is 309 Å². The molecule has 0 bridgehead atoms. The van der Waals surface area contributed by atoms with Crippen LogP contribution in [0.25, 0.3) is 0 Å². The second-order valence-electron chi connectivity index (χ2n) is 24.7. The van der Waals surface area contributed by atoms with Crippen molar-refractivity contribution in [3.63, 3.8) is 0 Å². The molecule has 26 heteroatoms. The Bertz CT molecular complexity index is 4570. The van der Waals surface area contributed by atoms with Crippen LogP contribution in [0.3, 0.4) is 0 Å². The Kier molecular flexibility index (Phi) is 25.6. The highest BCUT2D eigenvalue weighted by atomic mass is 19.1. The maximum absolute atomic E-state index is 17.6. The summed E-state index contributed by atoms with van der Waals surface area (Å²) in [4.78, 5) is 144. The minimum Gasteiger partial charge on any atom is -0.463 e. The minimum absolute atomic E-state index is 0.00112. The largest absolute Gasteiger partial charge is 0.463 e. The molecule has 3 saturated heterocycles. The number of hydrogen-bond acceptors (Lipinski definition) is 25. The molecule has 3 aliphatic heterocycles. The van der Waals surface area contributed by atoms with Crippen LogP contribution in [0.1, 0.15) is 100 Å². The Labute approximate surface area is 622 Å². The first-order valence-electron chi connectivity index (χ1n) is 34.3. The summed E-state index contributed by atoms with van der Waals surface area (Å²) in [5.74, 6) is -10.6. The summed E-state index contributed by atoms with van der Waals surface area (Å²) in [5.41, 5.74) is -0.565. The first-order valence-corrected chi connectivity index (χ1v) is 34.3. The molecule has 109 heavy (non-hydrogen) atoms. The first kappa shape index (κ1) is 76.1. The van der Waals surface area contributed by atoms with E-state index in [1.807, 2.05) is 0 Å². The number of alkyl halides is 1. The molecule has 15 atom stereocenters. The minimum atomic E-state index is -2.75. The van der Waals surface area contributed by atoms with Crippen molar-refractivity contribution in [1.29, 1.82) is 0 Å². The van der Waals surface area contributed by atoms with Gasteiger partial charge in [-0.25, -0.2) is 47.5 Å². The molecule has 0 radical (unpaired) electrons. The van der Waals surface area contributed by atoms with Crippen molar-refractivity contribution in [3.8, 4) is 0 Å². The van der Waals surface area contributed by atoms with Gasteiger partial charge in [-0.05, 0) is 109 Å². The highest BCUT2D eigenvalue weighted by molar-refractivity contribution is 5.94. The van der Waals surface area contributed by atoms with E-state index in [1.54, 1.807) is 66.7 Å². The number of esters is 10. The molecule has 0 N–H and O–H groups in total. The van der Waals surface area contributed by atoms with E-state index in [9.17, 15) is 47.9 Å². The van der Waals surface area contributed by atoms with Crippen LogP contribution in [0.15, 0.2) is 273 Å². The van der Waals surface area contributed by atoms with Crippen molar-refractivity contribution in [2.45, 2.75) is 99.1 Å². The average Bonchev–Trinajstić information content (AvgIpc) is 0.781. The van der Waals surface area contributed by atoms with Crippen LogP contribution >= 0.6 is 0 Å². The molecule has 25 nitrogen and oxygen atoms in total. The lowest BCUT2D eigenvalue weighted by molar-refractivity contribution is -0.335. The second-order valence-corrected chi connectivity index (χ2v) is 24.7. The lowest BCUT2D eigenvalue weighted by atomic mass is 9.96. The maximum Gasteiger partial charge on any atom is 0.338 e. The normalized spacial score (nSPS) is 23.5. The van der Waals surface area contributed by atoms with Crippen LogP contribution in [-0.2, 0) is 75.8 Å². The summed E-state index contributed by atoms with van der Waals surface area (Å²) in [5, 5.41) is 0. The molecule has 0 aromatic heterocycles. The van der Waals surface area contributed by atoms with Gasteiger partial charge in [0, 0.05) is 6.92 Å². The molecule has 15 unspecified atom stereocenters. The fourth-order valence-corrected chi connectivity index (χ4v) is 12.0. The number of carbonyl (C=O) groups is 10. The highest BCUT2D eigenvalue weighted by Crippen LogP contribution is 2.38. The van der Waals surface area contributed by atoms with Crippen LogP contribution in [0, 0.1) is 0 Å². The predicted molar refractivity (Wildman–Crippen MR) is 376 cm³/mol. The molecule has 12 rings (SSSR count). The Balaban J connectivity index is 0.981. The predicted octanol–water partition coefficient (Wildman–Crippen LogP) is 10.8. The number of carbonyl (C=O) groups excluding carboxylic acids is 10. The average molecular weight is 1490 g/mol. The molecule has 0 saturated carbocycles. The number of benzene rings is 9. The van der Waals surface area contributed by atoms with E-state index in [0.29, 0.717) is 0 Å². The zero-order valence-corrected chi connectivity index (χ0v) is 57.8. The van der Waals surface area contributed by atoms with Gasteiger partial charge in [-0.3, -0.25) is 4.79 Å². The van der Waals surface area contributed by atoms with Crippen molar-refractivity contribution in [3.05, 3.63) is 323 Å². The molecule has 0 amide bonds. The number of hydrogen-bond donors (Lipinski definition) is 0. The van der Waals surface area contributed by atoms with Crippen LogP contribution in [0.2, 0.25) is 0 Å². The van der Waals surface area contributed by atoms with Crippen LogP contribution in [0.5, 0.6) is 0 Å². The van der Waals surface area contributed by atoms with Gasteiger partial charge in [0.15, 0.2) is 67.5 Å². The SMILES string of the molecule is CC(=O)OCC1OC(OCC2OC(OCC3OC(F)C(OC(=O)c4ccccc4)C(OC(=O)c4ccccc4)C3OC(=O)c3ccccc3)C(OC(=O)c3ccccc3)C(OC(=O)c3ccccc3)C2OC(=O)c2ccccc2)C(OC(=O)c2ccccc2)C(OC(=O)c2ccccc2)C1OC(=O)c1ccccc1. The van der Waals surface area contributed by atoms with Crippen LogP contribution in [0.4, 0.5) is 4.39 Å². The summed E-state index contributed by atoms with van der Waals surface area (Å²) in [7, 11) is 0. The summed E-state index contributed by atoms with van der Waals surface area (Å²) in [6, 6.07) is 67.1. The zero-order chi connectivity index (χ0) is 76.2. The van der Waals surface area contributed by atoms with E-state index in [-0.39, 0.29) is 50.1 Å². The lowest BCUT2D eigenvalue weighted by Crippen LogP contribution is -2.65. The Morgan fingerprint density at radius 3 is 0.661 bits per heavy atom. The fraction of sp³-hybridized carbons (Fsp3) is 0.229. The van der Waals surface area contributed by atoms with Gasteiger partial charge < -0.3 is 71.1 Å². The number of rotatable bonds is 26. The van der Waals surface area contributed by atoms with E-state index >= 15 is 4.39 Å². The van der Waals surface area contributed by atoms with Gasteiger partial charge in [-0.15, -0.1) is 0 Å². The van der Waals surface area contributed by atoms with Gasteiger partial charge in [-0.1, -0.05) is 164 Å². The third-order valence-electron chi connectivity index (χ3n) is 17.3. The standard InChI is InChI=1S/C83H69FO25/c1-50(85)95-47-61-64(102-74(87)52-31-13-3-14-32-52)67(105-77(90)55-37-19-6-20-38-55)70(108-80(93)58-43-25-9-26-44-58)83(99-61)97-49-62-65(103-75(88)53-33-15-4-16-34-53)68(106-78(91)56-39-21-7-22-40-56)71(109-81(94)59-45-27-10-28-46-59)82(100-62)96-48-60-63(101-73(86)51-29-11-2-12-30-51)66(104-76(89)54-35-17-5-18-36-54)69(72(84)98-60)107-79(92)57-41-23-8-24-42-57/h2-46,60-72,82-83H,47-49H2,1H3. The van der Waals surface area contributed by atoms with Crippen molar-refractivity contribution >= 4 is 59.7 Å². The van der Waals surface area contributed by atoms with Crippen molar-refractivity contribution in [1.82, 2.24) is 0 Å². The van der Waals surface area contributed by atoms with E-state index in [2.05, 4.69) is 0 Å². The van der Waals surface area contributed by atoms with Crippen LogP contribution in [-0.4, -0.2) is 172 Å². The molecule has 9 aromatic carbocycles. The molecule has 3 aliphatic rings. The van der Waals surface area contributed by atoms with Crippen molar-refractivity contribution < 1.29 is 123 Å². The second kappa shape index (κ2) is 36.6. The van der Waals surface area contributed by atoms with E-state index in [1.165, 1.54) is 206 Å². The monoisotopic (exact) mass is 1480 g/mol. The van der Waals surface area contributed by atoms with E-state index < -0.39 is 172 Å². The maximum atomic E-state index is 17.6. The molecule has 558 valence electrons. The Morgan fingerprint density at radius 2 is 0.431 bits per heavy atom. The lowest BCUT2D eigenvalue weighted by Gasteiger charge is -2.47. The van der Waals surface area contributed by atoms with Crippen molar-refractivity contribution in [2.75, 3.05) is 19.8 Å². The molecule has 0 spiro atoms. The molecular formula is C83H69FO25. The third kappa shape index (κ3) is 19.5. The smallest absolute Gasteiger partial charge is 0.338 e. The Morgan fingerprint density at radius 1 is 0.248 bits per heavy atom. The third-order valence-corrected chi connectivity index (χ3v) is 17.3. The number of halogens is 1. The van der Waals surface area contributed by atoms with E-state index in [0.717, 1.165) is 6.92 Å². The van der Waals surface area contributed by atoms with Crippen LogP contribution < -0.4 is 0 Å². The summed E-state index contributed by atoms with van der Waals surface area (Å²) in [6.07, 6.45) is -31.0. The highest BCUT2D eigenvalue weighted by Gasteiger charge is 2.59. The molecular weight excluding hydrogens is 1420 g/mol. The van der Waals surface area contributed by atoms with Gasteiger partial charge in [0.1, 0.15) is 24.9 Å². The summed E-state index contributed by atoms with van der Waals surface area (Å²) in [6.45, 7) is -1.73. The molecule has 3 heterocycles. The van der Waals surface area contributed by atoms with Gasteiger partial charge >= 0.3 is 59.7 Å². The number of ether oxygens (including phenoxy) is 15. The molecule has 9 aromatic rings. The molecule has 0 aliphatic carbocycles. The Hall–Kier alpha value is -12.6. The summed E-state index contributed by atoms with van der Waals surface area (Å²) >= 11 is 0. The van der Waals surface area contributed by atoms with Gasteiger partial charge in [-0.2, -0.15) is 0 Å². The fourth-order valence-electron chi connectivity index (χ4n) is 12.0. The molecule has 3 fully saturated rings. The van der Waals surface area contributed by atoms with Crippen molar-refractivity contribution in [2.24, 2.45) is 0 Å². The van der Waals surface area contributed by atoms with E-state index in [4.69, 9.17) is 71.1 Å². The first-order chi connectivity index (χ1) is 53.0. The van der Waals surface area contributed by atoms with Gasteiger partial charge in [0.05, 0.1) is 63.3 Å². The van der Waals surface area contributed by atoms with Gasteiger partial charge in [0.25, 0.3) is 0 Å². The zero-order valence-electron chi connectivity index (χ0n) is 57.8. The van der Waals surface area contributed by atoms with Gasteiger partial charge in [0.2, 0.25) is 6.36 Å². The summed E-state index contributed by atoms with van der Waals surface area (Å²) < 4.78 is 112. The quantitative estimate of drug-likeness (QED) is 0.0359.